The van der Waals surface area contributed by atoms with Crippen molar-refractivity contribution in [2.45, 2.75) is 26.8 Å². The fourth-order valence-electron chi connectivity index (χ4n) is 1.65. The van der Waals surface area contributed by atoms with Gasteiger partial charge in [0, 0.05) is 25.0 Å². The highest BCUT2D eigenvalue weighted by molar-refractivity contribution is 7.18. The van der Waals surface area contributed by atoms with Gasteiger partial charge >= 0.3 is 0 Å². The van der Waals surface area contributed by atoms with E-state index in [1.165, 1.54) is 4.88 Å². The predicted octanol–water partition coefficient (Wildman–Crippen LogP) is 2.89. The van der Waals surface area contributed by atoms with Crippen molar-refractivity contribution in [2.24, 2.45) is 0 Å². The molecule has 1 N–H and O–H groups in total. The average molecular weight is 250 g/mol. The second-order valence-electron chi connectivity index (χ2n) is 4.40. The Morgan fingerprint density at radius 3 is 2.65 bits per heavy atom. The first-order valence-electron chi connectivity index (χ1n) is 5.71. The lowest BCUT2D eigenvalue weighted by atomic mass is 10.3. The number of fused-ring (bicyclic) bond motifs is 1. The van der Waals surface area contributed by atoms with Crippen molar-refractivity contribution in [1.82, 2.24) is 9.97 Å². The van der Waals surface area contributed by atoms with Gasteiger partial charge in [0.2, 0.25) is 5.95 Å². The van der Waals surface area contributed by atoms with Crippen LogP contribution in [0.1, 0.15) is 18.7 Å². The van der Waals surface area contributed by atoms with Crippen LogP contribution in [0.3, 0.4) is 0 Å². The first-order valence-corrected chi connectivity index (χ1v) is 6.53. The van der Waals surface area contributed by atoms with Gasteiger partial charge in [0.1, 0.15) is 10.6 Å². The van der Waals surface area contributed by atoms with E-state index >= 15 is 0 Å². The second kappa shape index (κ2) is 4.49. The Balaban J connectivity index is 2.65. The van der Waals surface area contributed by atoms with Crippen molar-refractivity contribution in [3.63, 3.8) is 0 Å². The lowest BCUT2D eigenvalue weighted by molar-refractivity contribution is 0.746. The van der Waals surface area contributed by atoms with Gasteiger partial charge in [0.25, 0.3) is 0 Å². The van der Waals surface area contributed by atoms with Gasteiger partial charge in [-0.25, -0.2) is 4.98 Å². The summed E-state index contributed by atoms with van der Waals surface area (Å²) in [7, 11) is 3.92. The molecule has 0 radical (unpaired) electrons. The number of aromatic nitrogens is 2. The number of rotatable bonds is 3. The highest BCUT2D eigenvalue weighted by atomic mass is 32.1. The molecule has 92 valence electrons. The molecule has 0 amide bonds. The average Bonchev–Trinajstić information content (AvgIpc) is 2.66. The molecule has 4 nitrogen and oxygen atoms in total. The molecule has 5 heteroatoms. The normalized spacial score (nSPS) is 11.2. The minimum Gasteiger partial charge on any atom is -0.357 e. The van der Waals surface area contributed by atoms with Crippen LogP contribution in [-0.2, 0) is 0 Å². The van der Waals surface area contributed by atoms with Gasteiger partial charge in [0.05, 0.1) is 5.39 Å². The Kier molecular flexibility index (Phi) is 3.19. The van der Waals surface area contributed by atoms with Gasteiger partial charge in [-0.1, -0.05) is 0 Å². The molecule has 2 heterocycles. The van der Waals surface area contributed by atoms with E-state index in [1.54, 1.807) is 11.3 Å². The van der Waals surface area contributed by atoms with E-state index in [0.717, 1.165) is 16.0 Å². The molecule has 0 saturated heterocycles. The predicted molar refractivity (Wildman–Crippen MR) is 75.2 cm³/mol. The second-order valence-corrected chi connectivity index (χ2v) is 5.64. The monoisotopic (exact) mass is 250 g/mol. The van der Waals surface area contributed by atoms with Crippen LogP contribution in [0, 0.1) is 6.92 Å². The number of anilines is 2. The van der Waals surface area contributed by atoms with Gasteiger partial charge < -0.3 is 10.2 Å². The summed E-state index contributed by atoms with van der Waals surface area (Å²) < 4.78 is 0. The third-order valence-corrected chi connectivity index (χ3v) is 3.77. The summed E-state index contributed by atoms with van der Waals surface area (Å²) in [6.07, 6.45) is 0. The summed E-state index contributed by atoms with van der Waals surface area (Å²) in [6, 6.07) is 2.58. The van der Waals surface area contributed by atoms with Gasteiger partial charge in [-0.15, -0.1) is 11.3 Å². The third kappa shape index (κ3) is 2.20. The summed E-state index contributed by atoms with van der Waals surface area (Å²) in [5, 5.41) is 4.16. The van der Waals surface area contributed by atoms with Crippen molar-refractivity contribution < 1.29 is 0 Å². The molecular weight excluding hydrogens is 232 g/mol. The van der Waals surface area contributed by atoms with Gasteiger partial charge in [-0.2, -0.15) is 4.98 Å². The fraction of sp³-hybridized carbons (Fsp3) is 0.500. The number of thiophene rings is 1. The highest BCUT2D eigenvalue weighted by Crippen LogP contribution is 2.31. The molecule has 0 saturated carbocycles. The maximum absolute atomic E-state index is 4.56. The molecule has 0 atom stereocenters. The molecule has 0 bridgehead atoms. The van der Waals surface area contributed by atoms with Crippen molar-refractivity contribution >= 4 is 33.3 Å². The van der Waals surface area contributed by atoms with Crippen molar-refractivity contribution in [2.75, 3.05) is 24.3 Å². The smallest absolute Gasteiger partial charge is 0.225 e. The Morgan fingerprint density at radius 2 is 2.06 bits per heavy atom. The van der Waals surface area contributed by atoms with E-state index in [1.807, 2.05) is 7.05 Å². The summed E-state index contributed by atoms with van der Waals surface area (Å²) >= 11 is 1.71. The summed E-state index contributed by atoms with van der Waals surface area (Å²) in [4.78, 5) is 13.5. The third-order valence-electron chi connectivity index (χ3n) is 2.83. The van der Waals surface area contributed by atoms with Crippen LogP contribution in [0.25, 0.3) is 10.2 Å². The standard InChI is InChI=1S/C12H18N4S/c1-7(2)16(5)10-9-6-8(3)17-11(9)15-12(13-4)14-10/h6-7H,1-5H3,(H,13,14,15). The first kappa shape index (κ1) is 12.1. The Labute approximate surface area is 106 Å². The number of hydrogen-bond donors (Lipinski definition) is 1. The Bertz CT molecular complexity index is 533. The number of aryl methyl sites for hydroxylation is 1. The molecule has 2 rings (SSSR count). The quantitative estimate of drug-likeness (QED) is 0.909. The first-order chi connectivity index (χ1) is 8.02. The Morgan fingerprint density at radius 1 is 1.35 bits per heavy atom. The largest absolute Gasteiger partial charge is 0.357 e. The Hall–Kier alpha value is -1.36. The van der Waals surface area contributed by atoms with Crippen LogP contribution < -0.4 is 10.2 Å². The number of nitrogens with one attached hydrogen (secondary N) is 1. The van der Waals surface area contributed by atoms with Crippen LogP contribution in [-0.4, -0.2) is 30.1 Å². The van der Waals surface area contributed by atoms with Crippen LogP contribution in [0.2, 0.25) is 0 Å². The van der Waals surface area contributed by atoms with E-state index in [4.69, 9.17) is 0 Å². The molecule has 0 aliphatic heterocycles. The molecule has 2 aromatic rings. The SMILES string of the molecule is CNc1nc(N(C)C(C)C)c2cc(C)sc2n1. The lowest BCUT2D eigenvalue weighted by Gasteiger charge is -2.23. The van der Waals surface area contributed by atoms with E-state index in [2.05, 4.69) is 54.1 Å². The molecule has 0 aliphatic rings. The molecular formula is C12H18N4S. The number of nitrogens with zero attached hydrogens (tertiary/aromatic N) is 3. The topological polar surface area (TPSA) is 41.1 Å². The fourth-order valence-corrected chi connectivity index (χ4v) is 2.53. The van der Waals surface area contributed by atoms with Crippen LogP contribution >= 0.6 is 11.3 Å². The van der Waals surface area contributed by atoms with E-state index in [9.17, 15) is 0 Å². The van der Waals surface area contributed by atoms with Gasteiger partial charge in [-0.05, 0) is 26.8 Å². The zero-order valence-corrected chi connectivity index (χ0v) is 11.7. The molecule has 0 fully saturated rings. The maximum Gasteiger partial charge on any atom is 0.225 e. The van der Waals surface area contributed by atoms with Crippen LogP contribution in [0.15, 0.2) is 6.07 Å². The van der Waals surface area contributed by atoms with Crippen LogP contribution in [0.4, 0.5) is 11.8 Å². The van der Waals surface area contributed by atoms with Crippen LogP contribution in [0.5, 0.6) is 0 Å². The van der Waals surface area contributed by atoms with E-state index in [0.29, 0.717) is 12.0 Å². The molecule has 2 aromatic heterocycles. The molecule has 0 spiro atoms. The van der Waals surface area contributed by atoms with Gasteiger partial charge in [0.15, 0.2) is 0 Å². The van der Waals surface area contributed by atoms with Crippen molar-refractivity contribution in [3.05, 3.63) is 10.9 Å². The summed E-state index contributed by atoms with van der Waals surface area (Å²) in [5.41, 5.74) is 0. The maximum atomic E-state index is 4.56. The zero-order chi connectivity index (χ0) is 12.6. The molecule has 0 aromatic carbocycles. The molecule has 17 heavy (non-hydrogen) atoms. The zero-order valence-electron chi connectivity index (χ0n) is 10.9. The summed E-state index contributed by atoms with van der Waals surface area (Å²) in [5.74, 6) is 1.68. The minimum absolute atomic E-state index is 0.415. The number of hydrogen-bond acceptors (Lipinski definition) is 5. The van der Waals surface area contributed by atoms with Gasteiger partial charge in [-0.3, -0.25) is 0 Å². The minimum atomic E-state index is 0.415. The summed E-state index contributed by atoms with van der Waals surface area (Å²) in [6.45, 7) is 6.42. The van der Waals surface area contributed by atoms with Crippen molar-refractivity contribution in [3.8, 4) is 0 Å². The van der Waals surface area contributed by atoms with E-state index < -0.39 is 0 Å². The molecule has 0 unspecified atom stereocenters. The lowest BCUT2D eigenvalue weighted by Crippen LogP contribution is -2.27. The van der Waals surface area contributed by atoms with Crippen molar-refractivity contribution in [1.29, 1.82) is 0 Å². The highest BCUT2D eigenvalue weighted by Gasteiger charge is 2.15. The molecule has 0 aliphatic carbocycles. The van der Waals surface area contributed by atoms with E-state index in [-0.39, 0.29) is 0 Å².